The van der Waals surface area contributed by atoms with Gasteiger partial charge in [0.05, 0.1) is 0 Å². The van der Waals surface area contributed by atoms with Gasteiger partial charge in [0.1, 0.15) is 0 Å². The van der Waals surface area contributed by atoms with E-state index < -0.39 is 0 Å². The zero-order valence-corrected chi connectivity index (χ0v) is 6.94. The van der Waals surface area contributed by atoms with Crippen LogP contribution in [0.2, 0.25) is 0 Å². The Morgan fingerprint density at radius 2 is 1.90 bits per heavy atom. The van der Waals surface area contributed by atoms with Gasteiger partial charge in [0.15, 0.2) is 0 Å². The van der Waals surface area contributed by atoms with Crippen molar-refractivity contribution in [2.24, 2.45) is 11.7 Å². The van der Waals surface area contributed by atoms with Crippen molar-refractivity contribution in [2.75, 3.05) is 6.61 Å². The number of aliphatic hydroxyl groups excluding tert-OH is 1. The maximum atomic E-state index is 8.78. The van der Waals surface area contributed by atoms with E-state index in [9.17, 15) is 0 Å². The van der Waals surface area contributed by atoms with E-state index in [2.05, 4.69) is 0 Å². The van der Waals surface area contributed by atoms with Gasteiger partial charge in [-0.2, -0.15) is 0 Å². The lowest BCUT2D eigenvalue weighted by Crippen LogP contribution is -2.34. The molecule has 1 unspecified atom stereocenters. The number of aliphatic hydroxyl groups is 1. The first kappa shape index (κ1) is 10.2. The predicted octanol–water partition coefficient (Wildman–Crippen LogP) is 0.918. The van der Waals surface area contributed by atoms with E-state index >= 15 is 0 Å². The van der Waals surface area contributed by atoms with Crippen molar-refractivity contribution < 1.29 is 5.11 Å². The summed E-state index contributed by atoms with van der Waals surface area (Å²) in [7, 11) is 0. The van der Waals surface area contributed by atoms with Crippen molar-refractivity contribution in [3.05, 3.63) is 0 Å². The fraction of sp³-hybridized carbons (Fsp3) is 1.00. The molecule has 0 heterocycles. The Balaban J connectivity index is 0.000000810. The molecule has 0 aliphatic heterocycles. The smallest absolute Gasteiger partial charge is 0.0474 e. The van der Waals surface area contributed by atoms with E-state index in [0.717, 1.165) is 12.8 Å². The lowest BCUT2D eigenvalue weighted by molar-refractivity contribution is 0.171. The summed E-state index contributed by atoms with van der Waals surface area (Å²) >= 11 is 0. The molecule has 1 aliphatic carbocycles. The van der Waals surface area contributed by atoms with E-state index in [1.807, 2.05) is 0 Å². The third-order valence-corrected chi connectivity index (χ3v) is 2.20. The average molecular weight is 166 g/mol. The van der Waals surface area contributed by atoms with Gasteiger partial charge in [-0.1, -0.05) is 12.8 Å². The van der Waals surface area contributed by atoms with Crippen molar-refractivity contribution in [3.63, 3.8) is 0 Å². The van der Waals surface area contributed by atoms with Crippen LogP contribution < -0.4 is 5.73 Å². The summed E-state index contributed by atoms with van der Waals surface area (Å²) in [5, 5.41) is 8.78. The molecular formula is C7H16ClNO. The molecule has 0 radical (unpaired) electrons. The van der Waals surface area contributed by atoms with Gasteiger partial charge in [0.25, 0.3) is 0 Å². The Morgan fingerprint density at radius 1 is 1.30 bits per heavy atom. The molecule has 0 bridgehead atoms. The van der Waals surface area contributed by atoms with Crippen molar-refractivity contribution >= 4 is 12.4 Å². The molecule has 1 rings (SSSR count). The second kappa shape index (κ2) is 4.94. The fourth-order valence-corrected chi connectivity index (χ4v) is 1.46. The zero-order valence-electron chi connectivity index (χ0n) is 6.12. The number of halogens is 1. The number of nitrogens with two attached hydrogens (primary N) is 1. The van der Waals surface area contributed by atoms with Gasteiger partial charge >= 0.3 is 0 Å². The fourth-order valence-electron chi connectivity index (χ4n) is 1.46. The Bertz CT molecular complexity index is 89.7. The van der Waals surface area contributed by atoms with Crippen LogP contribution in [0.25, 0.3) is 0 Å². The van der Waals surface area contributed by atoms with Crippen molar-refractivity contribution in [2.45, 2.75) is 31.7 Å². The molecule has 0 saturated heterocycles. The van der Waals surface area contributed by atoms with Crippen LogP contribution in [-0.2, 0) is 0 Å². The monoisotopic (exact) mass is 165 g/mol. The third kappa shape index (κ3) is 2.45. The van der Waals surface area contributed by atoms with Gasteiger partial charge in [-0.05, 0) is 18.8 Å². The highest BCUT2D eigenvalue weighted by molar-refractivity contribution is 5.85. The molecule has 0 aromatic carbocycles. The Labute approximate surface area is 68.2 Å². The summed E-state index contributed by atoms with van der Waals surface area (Å²) in [5.41, 5.74) is 5.73. The quantitative estimate of drug-likeness (QED) is 0.607. The van der Waals surface area contributed by atoms with Crippen LogP contribution in [0.3, 0.4) is 0 Å². The topological polar surface area (TPSA) is 46.2 Å². The van der Waals surface area contributed by atoms with E-state index in [4.69, 9.17) is 10.8 Å². The van der Waals surface area contributed by atoms with Crippen LogP contribution in [0, 0.1) is 5.92 Å². The minimum atomic E-state index is 0. The highest BCUT2D eigenvalue weighted by Gasteiger charge is 2.19. The maximum Gasteiger partial charge on any atom is 0.0474 e. The van der Waals surface area contributed by atoms with Gasteiger partial charge in [0, 0.05) is 12.6 Å². The van der Waals surface area contributed by atoms with Crippen molar-refractivity contribution in [3.8, 4) is 0 Å². The van der Waals surface area contributed by atoms with E-state index in [-0.39, 0.29) is 25.1 Å². The van der Waals surface area contributed by atoms with Crippen LogP contribution in [0.1, 0.15) is 25.7 Å². The molecule has 0 aromatic heterocycles. The zero-order chi connectivity index (χ0) is 6.69. The highest BCUT2D eigenvalue weighted by atomic mass is 35.5. The SMILES string of the molecule is Cl.N[C@H]1CCCCC1CO. The second-order valence-corrected chi connectivity index (χ2v) is 2.89. The third-order valence-electron chi connectivity index (χ3n) is 2.20. The molecule has 3 N–H and O–H groups in total. The Kier molecular flexibility index (Phi) is 5.04. The molecule has 3 heteroatoms. The predicted molar refractivity (Wildman–Crippen MR) is 44.3 cm³/mol. The highest BCUT2D eigenvalue weighted by Crippen LogP contribution is 2.21. The lowest BCUT2D eigenvalue weighted by Gasteiger charge is -2.26. The molecule has 0 amide bonds. The molecule has 2 nitrogen and oxygen atoms in total. The number of hydrogen-bond donors (Lipinski definition) is 2. The van der Waals surface area contributed by atoms with Crippen LogP contribution in [0.4, 0.5) is 0 Å². The summed E-state index contributed by atoms with van der Waals surface area (Å²) < 4.78 is 0. The van der Waals surface area contributed by atoms with E-state index in [0.29, 0.717) is 5.92 Å². The van der Waals surface area contributed by atoms with Crippen LogP contribution >= 0.6 is 12.4 Å². The molecule has 62 valence electrons. The minimum absolute atomic E-state index is 0. The maximum absolute atomic E-state index is 8.78. The molecule has 0 spiro atoms. The number of hydrogen-bond acceptors (Lipinski definition) is 2. The Hall–Kier alpha value is 0.210. The first-order chi connectivity index (χ1) is 4.34. The van der Waals surface area contributed by atoms with Gasteiger partial charge in [-0.3, -0.25) is 0 Å². The van der Waals surface area contributed by atoms with Gasteiger partial charge in [-0.15, -0.1) is 12.4 Å². The average Bonchev–Trinajstić information content (AvgIpc) is 1.89. The molecule has 1 aliphatic rings. The summed E-state index contributed by atoms with van der Waals surface area (Å²) in [5.74, 6) is 0.388. The second-order valence-electron chi connectivity index (χ2n) is 2.89. The molecule has 1 fully saturated rings. The van der Waals surface area contributed by atoms with Crippen LogP contribution in [0.5, 0.6) is 0 Å². The molecule has 1 saturated carbocycles. The van der Waals surface area contributed by atoms with Gasteiger partial charge in [-0.25, -0.2) is 0 Å². The summed E-state index contributed by atoms with van der Waals surface area (Å²) in [4.78, 5) is 0. The van der Waals surface area contributed by atoms with E-state index in [1.165, 1.54) is 12.8 Å². The first-order valence-electron chi connectivity index (χ1n) is 3.71. The normalized spacial score (nSPS) is 33.0. The summed E-state index contributed by atoms with van der Waals surface area (Å²) in [6.45, 7) is 0.279. The van der Waals surface area contributed by atoms with Crippen molar-refractivity contribution in [1.82, 2.24) is 0 Å². The van der Waals surface area contributed by atoms with Gasteiger partial charge < -0.3 is 10.8 Å². The summed E-state index contributed by atoms with van der Waals surface area (Å²) in [6.07, 6.45) is 4.72. The number of rotatable bonds is 1. The molecule has 2 atom stereocenters. The summed E-state index contributed by atoms with van der Waals surface area (Å²) in [6, 6.07) is 0.267. The van der Waals surface area contributed by atoms with E-state index in [1.54, 1.807) is 0 Å². The van der Waals surface area contributed by atoms with Crippen molar-refractivity contribution in [1.29, 1.82) is 0 Å². The minimum Gasteiger partial charge on any atom is -0.396 e. The first-order valence-corrected chi connectivity index (χ1v) is 3.71. The standard InChI is InChI=1S/C7H15NO.ClH/c8-7-4-2-1-3-6(7)5-9;/h6-7,9H,1-5,8H2;1H/t6?,7-;/m0./s1. The molecule has 10 heavy (non-hydrogen) atoms. The lowest BCUT2D eigenvalue weighted by atomic mass is 9.86. The molecular weight excluding hydrogens is 150 g/mol. The Morgan fingerprint density at radius 3 is 2.30 bits per heavy atom. The van der Waals surface area contributed by atoms with Crippen LogP contribution in [-0.4, -0.2) is 17.8 Å². The molecule has 0 aromatic rings. The van der Waals surface area contributed by atoms with Gasteiger partial charge in [0.2, 0.25) is 0 Å². The largest absolute Gasteiger partial charge is 0.396 e. The van der Waals surface area contributed by atoms with Crippen LogP contribution in [0.15, 0.2) is 0 Å².